The summed E-state index contributed by atoms with van der Waals surface area (Å²) >= 11 is 8.56. The fraction of sp³-hybridized carbons (Fsp3) is 0.205. The number of nitriles is 1. The fourth-order valence-corrected chi connectivity index (χ4v) is 11.9. The van der Waals surface area contributed by atoms with Crippen molar-refractivity contribution in [1.82, 2.24) is 14.4 Å². The van der Waals surface area contributed by atoms with Crippen molar-refractivity contribution >= 4 is 146 Å². The summed E-state index contributed by atoms with van der Waals surface area (Å²) in [5.74, 6) is -1.05. The maximum Gasteiger partial charge on any atom is 0.296 e. The number of thioether (sulfide) groups is 1. The first-order valence-corrected chi connectivity index (χ1v) is 29.8. The van der Waals surface area contributed by atoms with Gasteiger partial charge in [0.25, 0.3) is 40.5 Å². The van der Waals surface area contributed by atoms with Gasteiger partial charge in [-0.1, -0.05) is 29.0 Å². The van der Waals surface area contributed by atoms with Crippen molar-refractivity contribution in [2.75, 3.05) is 31.0 Å². The van der Waals surface area contributed by atoms with Crippen molar-refractivity contribution in [2.24, 2.45) is 30.7 Å². The number of methoxy groups -OCH3 is 1. The molecule has 0 atom stereocenters. The molecule has 0 aliphatic heterocycles. The number of fused-ring (bicyclic) bond motifs is 6. The van der Waals surface area contributed by atoms with E-state index in [4.69, 9.17) is 21.1 Å². The van der Waals surface area contributed by atoms with Crippen molar-refractivity contribution in [1.29, 1.82) is 5.26 Å². The van der Waals surface area contributed by atoms with Crippen LogP contribution in [0.3, 0.4) is 0 Å². The molecule has 0 radical (unpaired) electrons. The van der Waals surface area contributed by atoms with E-state index in [0.717, 1.165) is 41.3 Å². The third-order valence-corrected chi connectivity index (χ3v) is 16.7. The first-order chi connectivity index (χ1) is 35.7. The molecular weight excluding hydrogens is 1140 g/mol. The van der Waals surface area contributed by atoms with Gasteiger partial charge in [-0.2, -0.15) is 44.0 Å². The molecule has 5 N–H and O–H groups in total. The maximum absolute atomic E-state index is 12.4. The van der Waals surface area contributed by atoms with Crippen LogP contribution in [0.2, 0.25) is 5.02 Å². The summed E-state index contributed by atoms with van der Waals surface area (Å²) in [6.45, 7) is 2.95. The van der Waals surface area contributed by atoms with Crippen molar-refractivity contribution in [3.05, 3.63) is 88.4 Å². The normalized spacial score (nSPS) is 12.9. The van der Waals surface area contributed by atoms with Gasteiger partial charge in [-0.15, -0.1) is 37.3 Å². The Bertz CT molecular complexity index is 4320. The van der Waals surface area contributed by atoms with Gasteiger partial charge in [-0.05, 0) is 91.9 Å². The fourth-order valence-electron chi connectivity index (χ4n) is 7.42. The molecule has 32 heteroatoms. The molecule has 0 amide bonds. The van der Waals surface area contributed by atoms with Crippen LogP contribution in [-0.2, 0) is 40.5 Å². The minimum absolute atomic E-state index is 0.000383. The molecule has 0 saturated heterocycles. The number of aromatic nitrogens is 3. The van der Waals surface area contributed by atoms with E-state index in [1.54, 1.807) is 32.0 Å². The van der Waals surface area contributed by atoms with Gasteiger partial charge in [0, 0.05) is 28.0 Å². The Kier molecular flexibility index (Phi) is 15.8. The van der Waals surface area contributed by atoms with Crippen LogP contribution in [0.4, 0.5) is 33.6 Å². The molecule has 0 aliphatic rings. The number of rotatable bonds is 19. The first kappa shape index (κ1) is 55.4. The molecule has 0 fully saturated rings. The van der Waals surface area contributed by atoms with Crippen LogP contribution in [0.15, 0.2) is 112 Å². The summed E-state index contributed by atoms with van der Waals surface area (Å²) in [5.41, 5.74) is 1.78. The summed E-state index contributed by atoms with van der Waals surface area (Å²) in [6.07, 6.45) is -0.169. The molecule has 5 aromatic carbocycles. The lowest BCUT2D eigenvalue weighted by atomic mass is 10.1. The molecule has 396 valence electrons. The Hall–Kier alpha value is -6.83. The van der Waals surface area contributed by atoms with E-state index in [2.05, 4.69) is 46.7 Å². The van der Waals surface area contributed by atoms with E-state index in [9.17, 15) is 62.3 Å². The number of benzene rings is 5. The highest BCUT2D eigenvalue weighted by atomic mass is 35.5. The number of thiazole rings is 1. The zero-order valence-corrected chi connectivity index (χ0v) is 44.9. The van der Waals surface area contributed by atoms with Crippen LogP contribution in [0, 0.1) is 25.2 Å². The zero-order valence-electron chi connectivity index (χ0n) is 39.2. The number of pyridine rings is 1. The van der Waals surface area contributed by atoms with Crippen LogP contribution >= 0.6 is 34.7 Å². The van der Waals surface area contributed by atoms with Crippen molar-refractivity contribution in [3.8, 4) is 23.4 Å². The quantitative estimate of drug-likeness (QED) is 0.0217. The summed E-state index contributed by atoms with van der Waals surface area (Å²) in [6, 6.07) is 17.2. The number of aryl methyl sites for hydroxylation is 1. The van der Waals surface area contributed by atoms with E-state index in [1.807, 2.05) is 0 Å². The van der Waals surface area contributed by atoms with Crippen molar-refractivity contribution < 1.29 is 66.5 Å². The summed E-state index contributed by atoms with van der Waals surface area (Å²) < 4.78 is 146. The van der Waals surface area contributed by atoms with Crippen molar-refractivity contribution in [2.45, 2.75) is 41.4 Å². The smallest absolute Gasteiger partial charge is 0.296 e. The van der Waals surface area contributed by atoms with Gasteiger partial charge >= 0.3 is 0 Å². The highest BCUT2D eigenvalue weighted by molar-refractivity contribution is 7.99. The molecule has 3 aromatic heterocycles. The molecule has 76 heavy (non-hydrogen) atoms. The summed E-state index contributed by atoms with van der Waals surface area (Å²) in [7, 11) is -16.8. The van der Waals surface area contributed by atoms with E-state index in [0.29, 0.717) is 27.2 Å². The van der Waals surface area contributed by atoms with E-state index in [1.165, 1.54) is 41.8 Å². The van der Waals surface area contributed by atoms with Gasteiger partial charge in [0.2, 0.25) is 11.0 Å². The van der Waals surface area contributed by atoms with Gasteiger partial charge in [-0.3, -0.25) is 22.6 Å². The molecule has 25 nitrogen and oxygen atoms in total. The molecule has 0 unspecified atom stereocenters. The standard InChI is InChI=1S/C44H37ClN10O15S6/c1-22-14-33(51-53-39-23(2)28(21-46)42-47-30-9-7-25(69-3)16-35(30)55(42)43(39)56)36(70-10-4-12-73(57,58)59)19-31(22)49-52-34-18-29(45)32(20-37(34)71-11-5-13-74(60,61)62)50-54-44-48-40-38(76(66,67)68)15-24-6-8-26(75(63,64)65)17-27(24)41(40)72-44/h6-9,14-20,56H,4-5,10-13H2,1-3H3,(H,57,58,59)(H,60,61,62)(H,63,64,65)(H,66,67,68). The predicted molar refractivity (Wildman–Crippen MR) is 281 cm³/mol. The molecule has 0 saturated carbocycles. The lowest BCUT2D eigenvalue weighted by Crippen LogP contribution is -2.08. The molecular formula is C44H37ClN10O15S6. The number of hydrogen-bond acceptors (Lipinski definition) is 22. The first-order valence-electron chi connectivity index (χ1n) is 21.6. The van der Waals surface area contributed by atoms with E-state index >= 15 is 0 Å². The highest BCUT2D eigenvalue weighted by Crippen LogP contribution is 2.45. The number of azo groups is 3. The average molecular weight is 1170 g/mol. The number of aromatic hydroxyl groups is 1. The summed E-state index contributed by atoms with van der Waals surface area (Å²) in [4.78, 5) is 7.97. The number of nitrogens with zero attached hydrogens (tertiary/aromatic N) is 10. The largest absolute Gasteiger partial charge is 0.497 e. The Morgan fingerprint density at radius 1 is 0.776 bits per heavy atom. The van der Waals surface area contributed by atoms with E-state index < -0.39 is 67.6 Å². The average Bonchev–Trinajstić information content (AvgIpc) is 3.95. The van der Waals surface area contributed by atoms with E-state index in [-0.39, 0.29) is 107 Å². The number of imidazole rings is 1. The van der Waals surface area contributed by atoms with Crippen LogP contribution in [0.1, 0.15) is 29.5 Å². The highest BCUT2D eigenvalue weighted by Gasteiger charge is 2.24. The third kappa shape index (κ3) is 12.4. The second kappa shape index (κ2) is 21.7. The lowest BCUT2D eigenvalue weighted by Gasteiger charge is -2.12. The maximum atomic E-state index is 12.4. The number of ether oxygens (including phenoxy) is 2. The van der Waals surface area contributed by atoms with Crippen LogP contribution < -0.4 is 9.47 Å². The lowest BCUT2D eigenvalue weighted by molar-refractivity contribution is 0.317. The number of hydrogen-bond donors (Lipinski definition) is 5. The molecule has 3 heterocycles. The predicted octanol–water partition coefficient (Wildman–Crippen LogP) is 10.9. The van der Waals surface area contributed by atoms with Crippen LogP contribution in [0.5, 0.6) is 17.4 Å². The van der Waals surface area contributed by atoms with Gasteiger partial charge in [-0.25, -0.2) is 9.97 Å². The van der Waals surface area contributed by atoms with Gasteiger partial charge in [0.15, 0.2) is 11.3 Å². The van der Waals surface area contributed by atoms with Gasteiger partial charge < -0.3 is 14.6 Å². The second-order valence-electron chi connectivity index (χ2n) is 16.2. The second-order valence-corrected chi connectivity index (χ2v) is 24.7. The minimum Gasteiger partial charge on any atom is -0.497 e. The third-order valence-electron chi connectivity index (χ3n) is 11.0. The Balaban J connectivity index is 1.17. The monoisotopic (exact) mass is 1170 g/mol. The Morgan fingerprint density at radius 3 is 2.16 bits per heavy atom. The Morgan fingerprint density at radius 2 is 1.47 bits per heavy atom. The van der Waals surface area contributed by atoms with Crippen LogP contribution in [0.25, 0.3) is 37.7 Å². The minimum atomic E-state index is -4.88. The summed E-state index contributed by atoms with van der Waals surface area (Å²) in [5, 5.41) is 47.8. The topological polar surface area (TPSA) is 384 Å². The molecule has 8 rings (SSSR count). The molecule has 0 bridgehead atoms. The molecule has 0 spiro atoms. The van der Waals surface area contributed by atoms with Gasteiger partial charge in [0.1, 0.15) is 50.6 Å². The molecule has 0 aliphatic carbocycles. The zero-order chi connectivity index (χ0) is 55.1. The SMILES string of the molecule is COc1ccc2nc3c(C#N)c(C)c(N=Nc4cc(C)c(N=Nc5cc(Cl)c(N=Nc6nc7c(S(=O)(=O)O)cc8ccc(S(=O)(=O)O)cc8c7s6)cc5SCCCS(=O)(=O)O)cc4OCCCS(=O)(=O)O)c(O)n3c2c1. The van der Waals surface area contributed by atoms with Gasteiger partial charge in [0.05, 0.1) is 56.6 Å². The number of halogens is 1. The Labute approximate surface area is 444 Å². The van der Waals surface area contributed by atoms with Crippen LogP contribution in [-0.4, -0.2) is 102 Å². The van der Waals surface area contributed by atoms with Crippen molar-refractivity contribution in [3.63, 3.8) is 0 Å². The molecule has 8 aromatic rings.